The molecule has 0 atom stereocenters. The Balaban J connectivity index is 1.24. The van der Waals surface area contributed by atoms with Gasteiger partial charge in [0.2, 0.25) is 5.88 Å². The molecule has 0 bridgehead atoms. The molecule has 2 heterocycles. The molecular weight excluding hydrogens is 604 g/mol. The van der Waals surface area contributed by atoms with Gasteiger partial charge in [0.25, 0.3) is 5.91 Å². The van der Waals surface area contributed by atoms with Crippen LogP contribution in [0.3, 0.4) is 0 Å². The van der Waals surface area contributed by atoms with Gasteiger partial charge in [0.1, 0.15) is 11.6 Å². The maximum atomic E-state index is 15.6. The Hall–Kier alpha value is -4.88. The van der Waals surface area contributed by atoms with E-state index in [4.69, 9.17) is 10.5 Å². The molecule has 1 aliphatic heterocycles. The zero-order valence-corrected chi connectivity index (χ0v) is 25.2. The van der Waals surface area contributed by atoms with Crippen molar-refractivity contribution in [1.29, 1.82) is 0 Å². The monoisotopic (exact) mass is 635 g/mol. The quantitative estimate of drug-likeness (QED) is 0.241. The molecule has 3 amide bonds. The number of piperidine rings is 1. The number of urea groups is 1. The number of amides is 3. The fourth-order valence-corrected chi connectivity index (χ4v) is 5.82. The van der Waals surface area contributed by atoms with Crippen LogP contribution in [0.15, 0.2) is 96.0 Å². The van der Waals surface area contributed by atoms with Gasteiger partial charge < -0.3 is 10.5 Å². The second kappa shape index (κ2) is 13.4. The van der Waals surface area contributed by atoms with Crippen LogP contribution in [0.25, 0.3) is 0 Å². The smallest absolute Gasteiger partial charge is 0.357 e. The normalized spacial score (nSPS) is 14.1. The molecule has 234 valence electrons. The van der Waals surface area contributed by atoms with Crippen molar-refractivity contribution in [2.24, 2.45) is 5.73 Å². The molecule has 4 aromatic rings. The van der Waals surface area contributed by atoms with Crippen LogP contribution in [-0.2, 0) is 16.4 Å². The number of sulfone groups is 1. The molecule has 13 heteroatoms. The molecule has 0 aliphatic carbocycles. The van der Waals surface area contributed by atoms with Crippen molar-refractivity contribution in [3.63, 3.8) is 0 Å². The van der Waals surface area contributed by atoms with Gasteiger partial charge in [0, 0.05) is 49.9 Å². The Morgan fingerprint density at radius 3 is 2.33 bits per heavy atom. The van der Waals surface area contributed by atoms with Crippen LogP contribution in [0.1, 0.15) is 28.8 Å². The van der Waals surface area contributed by atoms with Gasteiger partial charge in [-0.25, -0.2) is 22.6 Å². The molecule has 1 aliphatic rings. The molecule has 0 radical (unpaired) electrons. The average molecular weight is 636 g/mol. The highest BCUT2D eigenvalue weighted by atomic mass is 32.2. The van der Waals surface area contributed by atoms with E-state index in [-0.39, 0.29) is 27.0 Å². The summed E-state index contributed by atoms with van der Waals surface area (Å²) < 4.78 is 58.9. The lowest BCUT2D eigenvalue weighted by atomic mass is 10.0. The summed E-state index contributed by atoms with van der Waals surface area (Å²) in [5.41, 5.74) is 6.07. The van der Waals surface area contributed by atoms with Gasteiger partial charge in [-0.05, 0) is 73.0 Å². The highest BCUT2D eigenvalue weighted by molar-refractivity contribution is 7.90. The molecule has 5 rings (SSSR count). The number of hydrogen-bond donors (Lipinski definition) is 1. The summed E-state index contributed by atoms with van der Waals surface area (Å²) in [7, 11) is -3.31. The lowest BCUT2D eigenvalue weighted by Gasteiger charge is -2.39. The first-order chi connectivity index (χ1) is 21.5. The third kappa shape index (κ3) is 7.62. The van der Waals surface area contributed by atoms with Gasteiger partial charge in [0.05, 0.1) is 16.1 Å². The van der Waals surface area contributed by atoms with Crippen LogP contribution < -0.4 is 20.5 Å². The summed E-state index contributed by atoms with van der Waals surface area (Å²) in [5, 5.41) is -0.118. The van der Waals surface area contributed by atoms with Gasteiger partial charge in [-0.1, -0.05) is 28.7 Å². The fraction of sp³-hybridized carbons (Fsp3) is 0.219. The number of rotatable bonds is 9. The number of likely N-dealkylation sites (tertiary alicyclic amines) is 1. The Kier molecular flexibility index (Phi) is 9.40. The number of carbonyl (C=O) groups excluding carboxylic acids is 2. The zero-order chi connectivity index (χ0) is 32.1. The third-order valence-corrected chi connectivity index (χ3v) is 8.57. The van der Waals surface area contributed by atoms with Crippen molar-refractivity contribution in [2.75, 3.05) is 29.4 Å². The molecule has 2 N–H and O–H groups in total. The minimum Gasteiger partial charge on any atom is -0.439 e. The third-order valence-electron chi connectivity index (χ3n) is 7.44. The number of nitrogens with zero attached hydrogens (tertiary/aromatic N) is 4. The van der Waals surface area contributed by atoms with Crippen LogP contribution in [0, 0.1) is 5.82 Å². The lowest BCUT2D eigenvalue weighted by molar-refractivity contribution is 0.100. The van der Waals surface area contributed by atoms with Crippen molar-refractivity contribution < 1.29 is 31.6 Å². The predicted octanol–water partition coefficient (Wildman–Crippen LogP) is 5.50. The molecule has 0 unspecified atom stereocenters. The summed E-state index contributed by atoms with van der Waals surface area (Å²) in [6.45, 7) is 1.70. The fourth-order valence-electron chi connectivity index (χ4n) is 5.19. The second-order valence-corrected chi connectivity index (χ2v) is 12.7. The number of aromatic nitrogens is 1. The van der Waals surface area contributed by atoms with Crippen LogP contribution in [0.2, 0.25) is 0 Å². The van der Waals surface area contributed by atoms with Crippen LogP contribution >= 0.6 is 0 Å². The number of primary amides is 1. The Bertz CT molecular complexity index is 1780. The van der Waals surface area contributed by atoms with E-state index in [0.717, 1.165) is 11.8 Å². The summed E-state index contributed by atoms with van der Waals surface area (Å²) in [6, 6.07) is 19.2. The van der Waals surface area contributed by atoms with Gasteiger partial charge in [-0.3, -0.25) is 14.6 Å². The van der Waals surface area contributed by atoms with Gasteiger partial charge in [-0.15, -0.1) is 5.12 Å². The average Bonchev–Trinajstić information content (AvgIpc) is 3.02. The van der Waals surface area contributed by atoms with E-state index in [2.05, 4.69) is 9.88 Å². The van der Waals surface area contributed by atoms with E-state index in [1.165, 1.54) is 65.6 Å². The first kappa shape index (κ1) is 31.5. The standard InChI is InChI=1S/C32H31F2N5O5S/c1-45(42,43)27-12-10-26(11-13-27)44-30-14-9-22(20-36-30)21-37-17-15-24(16-18-37)38(25-6-4-5-23(33)19-25)32(41)39(34)29-8-3-2-7-28(29)31(35)40/h2-14,19-20,24H,15-18,21H2,1H3,(H2,35,40). The van der Waals surface area contributed by atoms with E-state index >= 15 is 4.48 Å². The van der Waals surface area contributed by atoms with Crippen LogP contribution in [0.4, 0.5) is 25.0 Å². The molecule has 45 heavy (non-hydrogen) atoms. The maximum Gasteiger partial charge on any atom is 0.357 e. The number of anilines is 2. The second-order valence-electron chi connectivity index (χ2n) is 10.7. The van der Waals surface area contributed by atoms with Crippen molar-refractivity contribution >= 4 is 33.2 Å². The van der Waals surface area contributed by atoms with Crippen LogP contribution in [0.5, 0.6) is 11.6 Å². The first-order valence-electron chi connectivity index (χ1n) is 14.1. The summed E-state index contributed by atoms with van der Waals surface area (Å²) in [4.78, 5) is 33.4. The summed E-state index contributed by atoms with van der Waals surface area (Å²) in [5.74, 6) is -0.657. The van der Waals surface area contributed by atoms with Crippen molar-refractivity contribution in [1.82, 2.24) is 9.88 Å². The van der Waals surface area contributed by atoms with E-state index < -0.39 is 33.6 Å². The molecule has 3 aromatic carbocycles. The number of nitrogens with two attached hydrogens (primary N) is 1. The van der Waals surface area contributed by atoms with Crippen molar-refractivity contribution in [2.45, 2.75) is 30.3 Å². The first-order valence-corrected chi connectivity index (χ1v) is 16.0. The molecule has 0 saturated carbocycles. The number of ether oxygens (including phenoxy) is 1. The van der Waals surface area contributed by atoms with Gasteiger partial charge in [0.15, 0.2) is 9.84 Å². The molecular formula is C32H31F2N5O5S. The summed E-state index contributed by atoms with van der Waals surface area (Å²) in [6.07, 6.45) is 3.78. The SMILES string of the molecule is CS(=O)(=O)c1ccc(Oc2ccc(CN3CCC(N(C(=O)N(F)c4ccccc4C(N)=O)c4cccc(F)c4)CC3)cn2)cc1. The van der Waals surface area contributed by atoms with E-state index in [1.807, 2.05) is 6.07 Å². The van der Waals surface area contributed by atoms with E-state index in [9.17, 15) is 22.4 Å². The number of pyridine rings is 1. The van der Waals surface area contributed by atoms with Gasteiger partial charge in [-0.2, -0.15) is 0 Å². The lowest BCUT2D eigenvalue weighted by Crippen LogP contribution is -2.51. The van der Waals surface area contributed by atoms with Crippen molar-refractivity contribution in [3.05, 3.63) is 108 Å². The molecule has 0 spiro atoms. The number of halogens is 2. The molecule has 10 nitrogen and oxygen atoms in total. The molecule has 1 fully saturated rings. The highest BCUT2D eigenvalue weighted by Gasteiger charge is 2.34. The Morgan fingerprint density at radius 1 is 1.00 bits per heavy atom. The van der Waals surface area contributed by atoms with Crippen molar-refractivity contribution in [3.8, 4) is 11.6 Å². The minimum absolute atomic E-state index is 0.118. The zero-order valence-electron chi connectivity index (χ0n) is 24.3. The van der Waals surface area contributed by atoms with E-state index in [1.54, 1.807) is 24.4 Å². The largest absolute Gasteiger partial charge is 0.439 e. The van der Waals surface area contributed by atoms with Gasteiger partial charge >= 0.3 is 6.03 Å². The predicted molar refractivity (Wildman–Crippen MR) is 165 cm³/mol. The highest BCUT2D eigenvalue weighted by Crippen LogP contribution is 2.30. The minimum atomic E-state index is -3.31. The number of carbonyl (C=O) groups is 2. The maximum absolute atomic E-state index is 15.6. The number of benzene rings is 3. The van der Waals surface area contributed by atoms with E-state index in [0.29, 0.717) is 44.1 Å². The topological polar surface area (TPSA) is 126 Å². The number of hydrogen-bond acceptors (Lipinski definition) is 7. The Labute approximate surface area is 259 Å². The molecule has 1 saturated heterocycles. The Morgan fingerprint density at radius 2 is 1.71 bits per heavy atom. The molecule has 1 aromatic heterocycles. The van der Waals surface area contributed by atoms with Crippen LogP contribution in [-0.4, -0.2) is 55.6 Å². The number of para-hydroxylation sites is 1. The summed E-state index contributed by atoms with van der Waals surface area (Å²) >= 11 is 0.